The third-order valence-electron chi connectivity index (χ3n) is 15.2. The van der Waals surface area contributed by atoms with Crippen molar-refractivity contribution in [1.82, 2.24) is 5.32 Å². The van der Waals surface area contributed by atoms with Crippen molar-refractivity contribution in [3.8, 4) is 0 Å². The van der Waals surface area contributed by atoms with Crippen LogP contribution in [0.25, 0.3) is 0 Å². The number of ether oxygens (including phenoxy) is 2. The standard InChI is InChI=1S/C64H121NO8/c1-3-5-7-9-11-13-15-17-19-21-23-25-26-27-28-29-30-31-32-34-36-38-40-42-44-46-48-50-52-54-60(68)65-57(56-72-64-63(71)62(70)61(69)59(55-66)73-64)58(67)53-51-49-47-45-43-41-39-37-35-33-24-22-20-18-16-14-12-10-8-6-4-2/h27-28,43,45,51,53,57-59,61-64,66-67,69-71H,3-26,29-42,44,46-50,52,54-56H2,1-2H3,(H,65,68)/b28-27-,45-43+,53-51+. The highest BCUT2D eigenvalue weighted by Gasteiger charge is 2.44. The second-order valence-corrected chi connectivity index (χ2v) is 22.2. The Hall–Kier alpha value is -1.59. The van der Waals surface area contributed by atoms with Crippen molar-refractivity contribution in [2.75, 3.05) is 13.2 Å². The number of aliphatic hydroxyl groups excluding tert-OH is 5. The summed E-state index contributed by atoms with van der Waals surface area (Å²) >= 11 is 0. The molecule has 0 aromatic heterocycles. The van der Waals surface area contributed by atoms with Gasteiger partial charge in [0, 0.05) is 6.42 Å². The molecule has 1 fully saturated rings. The molecule has 0 spiro atoms. The largest absolute Gasteiger partial charge is 0.394 e. The van der Waals surface area contributed by atoms with Crippen LogP contribution in [0.5, 0.6) is 0 Å². The molecule has 0 saturated carbocycles. The Morgan fingerprint density at radius 1 is 0.452 bits per heavy atom. The van der Waals surface area contributed by atoms with E-state index in [9.17, 15) is 30.3 Å². The van der Waals surface area contributed by atoms with E-state index in [1.807, 2.05) is 6.08 Å². The molecule has 0 aromatic carbocycles. The minimum atomic E-state index is -1.57. The maximum atomic E-state index is 13.1. The Morgan fingerprint density at radius 2 is 0.781 bits per heavy atom. The smallest absolute Gasteiger partial charge is 0.220 e. The molecule has 1 aliphatic rings. The summed E-state index contributed by atoms with van der Waals surface area (Å²) in [6.07, 6.45) is 63.8. The van der Waals surface area contributed by atoms with Gasteiger partial charge in [0.05, 0.1) is 25.4 Å². The van der Waals surface area contributed by atoms with Gasteiger partial charge in [-0.2, -0.15) is 0 Å². The quantitative estimate of drug-likeness (QED) is 0.0261. The number of hydrogen-bond acceptors (Lipinski definition) is 8. The normalized spacial score (nSPS) is 19.2. The van der Waals surface area contributed by atoms with E-state index in [4.69, 9.17) is 9.47 Å². The number of carbonyl (C=O) groups excluding carboxylic acids is 1. The minimum absolute atomic E-state index is 0.182. The molecule has 9 heteroatoms. The molecule has 9 nitrogen and oxygen atoms in total. The first-order chi connectivity index (χ1) is 35.8. The van der Waals surface area contributed by atoms with Crippen molar-refractivity contribution in [2.24, 2.45) is 0 Å². The Kier molecular flexibility index (Phi) is 51.2. The van der Waals surface area contributed by atoms with E-state index in [0.29, 0.717) is 6.42 Å². The number of amides is 1. The van der Waals surface area contributed by atoms with E-state index in [-0.39, 0.29) is 12.5 Å². The number of aliphatic hydroxyl groups is 5. The zero-order chi connectivity index (χ0) is 52.9. The topological polar surface area (TPSA) is 149 Å². The third kappa shape index (κ3) is 43.1. The number of hydrogen-bond donors (Lipinski definition) is 6. The van der Waals surface area contributed by atoms with Gasteiger partial charge in [-0.25, -0.2) is 0 Å². The molecule has 7 unspecified atom stereocenters. The number of nitrogens with one attached hydrogen (secondary N) is 1. The predicted molar refractivity (Wildman–Crippen MR) is 309 cm³/mol. The summed E-state index contributed by atoms with van der Waals surface area (Å²) in [7, 11) is 0. The highest BCUT2D eigenvalue weighted by Crippen LogP contribution is 2.23. The average molecular weight is 1030 g/mol. The first-order valence-electron chi connectivity index (χ1n) is 31.7. The van der Waals surface area contributed by atoms with Crippen molar-refractivity contribution in [3.05, 3.63) is 36.5 Å². The van der Waals surface area contributed by atoms with E-state index in [1.165, 1.54) is 250 Å². The first-order valence-corrected chi connectivity index (χ1v) is 31.7. The van der Waals surface area contributed by atoms with Crippen LogP contribution in [0, 0.1) is 0 Å². The van der Waals surface area contributed by atoms with Crippen LogP contribution in [0.4, 0.5) is 0 Å². The summed E-state index contributed by atoms with van der Waals surface area (Å²) in [6, 6.07) is -0.822. The van der Waals surface area contributed by atoms with Crippen LogP contribution in [-0.2, 0) is 14.3 Å². The fourth-order valence-electron chi connectivity index (χ4n) is 10.2. The SMILES string of the molecule is CCCCCCCCCCCCCC/C=C\CCCCCCCCCCCCCCCC(=O)NC(COC1OC(CO)C(O)C(O)C1O)C(O)/C=C/CC/C=C/CCCCCCCCCCCCCCCCC. The van der Waals surface area contributed by atoms with Gasteiger partial charge in [-0.1, -0.05) is 281 Å². The van der Waals surface area contributed by atoms with E-state index >= 15 is 0 Å². The van der Waals surface area contributed by atoms with Crippen molar-refractivity contribution < 1.29 is 39.8 Å². The molecule has 1 heterocycles. The highest BCUT2D eigenvalue weighted by molar-refractivity contribution is 5.76. The second-order valence-electron chi connectivity index (χ2n) is 22.2. The van der Waals surface area contributed by atoms with Gasteiger partial charge >= 0.3 is 0 Å². The summed E-state index contributed by atoms with van der Waals surface area (Å²) in [5, 5.41) is 54.6. The van der Waals surface area contributed by atoms with Crippen LogP contribution in [0.1, 0.15) is 309 Å². The maximum absolute atomic E-state index is 13.1. The third-order valence-corrected chi connectivity index (χ3v) is 15.2. The molecule has 0 radical (unpaired) electrons. The van der Waals surface area contributed by atoms with E-state index in [1.54, 1.807) is 6.08 Å². The summed E-state index contributed by atoms with van der Waals surface area (Å²) in [5.41, 5.74) is 0. The van der Waals surface area contributed by atoms with Gasteiger partial charge in [-0.15, -0.1) is 0 Å². The van der Waals surface area contributed by atoms with Gasteiger partial charge in [0.25, 0.3) is 0 Å². The van der Waals surface area contributed by atoms with Crippen molar-refractivity contribution in [1.29, 1.82) is 0 Å². The number of carbonyl (C=O) groups is 1. The van der Waals surface area contributed by atoms with Crippen LogP contribution >= 0.6 is 0 Å². The van der Waals surface area contributed by atoms with Gasteiger partial charge in [0.15, 0.2) is 6.29 Å². The van der Waals surface area contributed by atoms with E-state index in [0.717, 1.165) is 38.5 Å². The van der Waals surface area contributed by atoms with Gasteiger partial charge in [-0.05, 0) is 57.8 Å². The summed E-state index contributed by atoms with van der Waals surface area (Å²) < 4.78 is 11.3. The van der Waals surface area contributed by atoms with Crippen molar-refractivity contribution in [2.45, 2.75) is 352 Å². The van der Waals surface area contributed by atoms with Crippen molar-refractivity contribution >= 4 is 5.91 Å². The average Bonchev–Trinajstić information content (AvgIpc) is 3.39. The molecule has 1 rings (SSSR count). The fourth-order valence-corrected chi connectivity index (χ4v) is 10.2. The monoisotopic (exact) mass is 1030 g/mol. The molecule has 1 aliphatic heterocycles. The predicted octanol–water partition coefficient (Wildman–Crippen LogP) is 16.3. The highest BCUT2D eigenvalue weighted by atomic mass is 16.7. The fraction of sp³-hybridized carbons (Fsp3) is 0.891. The Balaban J connectivity index is 2.18. The molecular formula is C64H121NO8. The second kappa shape index (κ2) is 53.8. The summed E-state index contributed by atoms with van der Waals surface area (Å²) in [4.78, 5) is 13.1. The van der Waals surface area contributed by atoms with Gasteiger partial charge in [0.1, 0.15) is 24.4 Å². The zero-order valence-electron chi connectivity index (χ0n) is 47.9. The summed E-state index contributed by atoms with van der Waals surface area (Å²) in [6.45, 7) is 3.80. The molecule has 73 heavy (non-hydrogen) atoms. The number of unbranched alkanes of at least 4 members (excludes halogenated alkanes) is 41. The molecule has 0 aliphatic carbocycles. The van der Waals surface area contributed by atoms with E-state index in [2.05, 4.69) is 43.5 Å². The van der Waals surface area contributed by atoms with Crippen LogP contribution in [0.15, 0.2) is 36.5 Å². The lowest BCUT2D eigenvalue weighted by atomic mass is 9.99. The van der Waals surface area contributed by atoms with Crippen LogP contribution in [-0.4, -0.2) is 87.5 Å². The lowest BCUT2D eigenvalue weighted by Gasteiger charge is -2.40. The van der Waals surface area contributed by atoms with Crippen LogP contribution < -0.4 is 5.32 Å². The Labute approximate surface area is 451 Å². The molecule has 7 atom stereocenters. The number of allylic oxidation sites excluding steroid dienone is 5. The summed E-state index contributed by atoms with van der Waals surface area (Å²) in [5.74, 6) is -0.182. The zero-order valence-corrected chi connectivity index (χ0v) is 47.9. The molecular weight excluding hydrogens is 911 g/mol. The first kappa shape index (κ1) is 69.4. The minimum Gasteiger partial charge on any atom is -0.394 e. The van der Waals surface area contributed by atoms with Gasteiger partial charge in [0.2, 0.25) is 5.91 Å². The van der Waals surface area contributed by atoms with Crippen molar-refractivity contribution in [3.63, 3.8) is 0 Å². The van der Waals surface area contributed by atoms with Gasteiger partial charge in [-0.3, -0.25) is 4.79 Å². The molecule has 1 saturated heterocycles. The Morgan fingerprint density at radius 3 is 1.15 bits per heavy atom. The molecule has 1 amide bonds. The van der Waals surface area contributed by atoms with E-state index < -0.39 is 49.5 Å². The Bertz CT molecular complexity index is 1240. The molecule has 0 bridgehead atoms. The van der Waals surface area contributed by atoms with Crippen LogP contribution in [0.2, 0.25) is 0 Å². The van der Waals surface area contributed by atoms with Gasteiger partial charge < -0.3 is 40.3 Å². The molecule has 430 valence electrons. The lowest BCUT2D eigenvalue weighted by Crippen LogP contribution is -2.60. The number of rotatable bonds is 55. The molecule has 6 N–H and O–H groups in total. The lowest BCUT2D eigenvalue weighted by molar-refractivity contribution is -0.302. The van der Waals surface area contributed by atoms with Crippen LogP contribution in [0.3, 0.4) is 0 Å². The molecule has 0 aromatic rings. The maximum Gasteiger partial charge on any atom is 0.220 e.